The molecule has 0 fully saturated rings. The summed E-state index contributed by atoms with van der Waals surface area (Å²) in [6.07, 6.45) is 2.94. The summed E-state index contributed by atoms with van der Waals surface area (Å²) in [5.74, 6) is 0.351. The van der Waals surface area contributed by atoms with Gasteiger partial charge in [-0.05, 0) is 23.6 Å². The summed E-state index contributed by atoms with van der Waals surface area (Å²) >= 11 is 0. The fourth-order valence-corrected chi connectivity index (χ4v) is 1.42. The zero-order valence-electron chi connectivity index (χ0n) is 8.70. The number of aromatic nitrogens is 1. The van der Waals surface area contributed by atoms with Gasteiger partial charge >= 0.3 is 0 Å². The van der Waals surface area contributed by atoms with Gasteiger partial charge in [0.1, 0.15) is 12.1 Å². The molecule has 1 aromatic carbocycles. The van der Waals surface area contributed by atoms with Gasteiger partial charge < -0.3 is 4.42 Å². The lowest BCUT2D eigenvalue weighted by Gasteiger charge is -2.06. The van der Waals surface area contributed by atoms with Gasteiger partial charge in [-0.1, -0.05) is 19.9 Å². The molecule has 0 bridgehead atoms. The predicted molar refractivity (Wildman–Crippen MR) is 56.0 cm³/mol. The lowest BCUT2D eigenvalue weighted by Crippen LogP contribution is -1.91. The van der Waals surface area contributed by atoms with Crippen LogP contribution in [-0.2, 0) is 0 Å². The van der Waals surface area contributed by atoms with Crippen LogP contribution in [0.15, 0.2) is 35.1 Å². The highest BCUT2D eigenvalue weighted by Gasteiger charge is 2.10. The van der Waals surface area contributed by atoms with Crippen LogP contribution in [0.25, 0.3) is 11.5 Å². The first kappa shape index (κ1) is 9.90. The lowest BCUT2D eigenvalue weighted by atomic mass is 10.0. The van der Waals surface area contributed by atoms with E-state index < -0.39 is 0 Å². The van der Waals surface area contributed by atoms with E-state index in [9.17, 15) is 4.39 Å². The minimum atomic E-state index is -0.288. The molecule has 0 atom stereocenters. The monoisotopic (exact) mass is 205 g/mol. The van der Waals surface area contributed by atoms with Crippen molar-refractivity contribution in [1.82, 2.24) is 4.98 Å². The summed E-state index contributed by atoms with van der Waals surface area (Å²) in [4.78, 5) is 3.92. The van der Waals surface area contributed by atoms with E-state index in [0.717, 1.165) is 5.56 Å². The number of rotatable bonds is 2. The number of nitrogens with zero attached hydrogens (tertiary/aromatic N) is 1. The smallest absolute Gasteiger partial charge is 0.228 e. The van der Waals surface area contributed by atoms with Gasteiger partial charge in [0, 0.05) is 0 Å². The molecule has 78 valence electrons. The summed E-state index contributed by atoms with van der Waals surface area (Å²) in [6, 6.07) is 5.13. The third kappa shape index (κ3) is 1.91. The molecule has 0 amide bonds. The molecule has 15 heavy (non-hydrogen) atoms. The topological polar surface area (TPSA) is 26.0 Å². The molecular formula is C12H12FNO. The number of hydrogen-bond donors (Lipinski definition) is 0. The number of hydrogen-bond acceptors (Lipinski definition) is 2. The first-order chi connectivity index (χ1) is 7.18. The third-order valence-electron chi connectivity index (χ3n) is 2.32. The normalized spacial score (nSPS) is 10.9. The Balaban J connectivity index is 2.44. The fraction of sp³-hybridized carbons (Fsp3) is 0.250. The fourth-order valence-electron chi connectivity index (χ4n) is 1.42. The van der Waals surface area contributed by atoms with Crippen molar-refractivity contribution >= 4 is 0 Å². The summed E-state index contributed by atoms with van der Waals surface area (Å²) < 4.78 is 18.7. The molecule has 0 N–H and O–H groups in total. The Morgan fingerprint density at radius 2 is 2.13 bits per heavy atom. The quantitative estimate of drug-likeness (QED) is 0.748. The van der Waals surface area contributed by atoms with Crippen molar-refractivity contribution in [2.75, 3.05) is 0 Å². The first-order valence-corrected chi connectivity index (χ1v) is 4.88. The molecule has 2 aromatic rings. The summed E-state index contributed by atoms with van der Waals surface area (Å²) in [7, 11) is 0. The molecular weight excluding hydrogens is 193 g/mol. The summed E-state index contributed by atoms with van der Waals surface area (Å²) in [6.45, 7) is 4.05. The van der Waals surface area contributed by atoms with Gasteiger partial charge in [0.2, 0.25) is 5.89 Å². The second-order valence-electron chi connectivity index (χ2n) is 3.73. The molecule has 1 heterocycles. The second kappa shape index (κ2) is 3.85. The highest BCUT2D eigenvalue weighted by atomic mass is 19.1. The maximum Gasteiger partial charge on any atom is 0.228 e. The number of oxazole rings is 1. The highest BCUT2D eigenvalue weighted by molar-refractivity contribution is 5.54. The van der Waals surface area contributed by atoms with Crippen molar-refractivity contribution in [2.24, 2.45) is 0 Å². The van der Waals surface area contributed by atoms with E-state index >= 15 is 0 Å². The highest BCUT2D eigenvalue weighted by Crippen LogP contribution is 2.24. The van der Waals surface area contributed by atoms with Crippen LogP contribution in [0.4, 0.5) is 4.39 Å². The zero-order chi connectivity index (χ0) is 10.8. The zero-order valence-corrected chi connectivity index (χ0v) is 8.70. The van der Waals surface area contributed by atoms with Crippen molar-refractivity contribution in [3.8, 4) is 11.5 Å². The maximum absolute atomic E-state index is 13.7. The minimum absolute atomic E-state index is 0.288. The van der Waals surface area contributed by atoms with Crippen LogP contribution in [0, 0.1) is 5.82 Å². The SMILES string of the molecule is CC(C)c1ccc(-c2ncco2)c(F)c1. The predicted octanol–water partition coefficient (Wildman–Crippen LogP) is 3.60. The Hall–Kier alpha value is -1.64. The second-order valence-corrected chi connectivity index (χ2v) is 3.73. The van der Waals surface area contributed by atoms with Gasteiger partial charge in [-0.25, -0.2) is 9.37 Å². The maximum atomic E-state index is 13.7. The van der Waals surface area contributed by atoms with E-state index in [1.807, 2.05) is 19.9 Å². The van der Waals surface area contributed by atoms with Gasteiger partial charge in [-0.3, -0.25) is 0 Å². The van der Waals surface area contributed by atoms with Crippen molar-refractivity contribution in [3.63, 3.8) is 0 Å². The van der Waals surface area contributed by atoms with E-state index in [4.69, 9.17) is 4.42 Å². The molecule has 2 rings (SSSR count). The van der Waals surface area contributed by atoms with E-state index in [1.54, 1.807) is 6.07 Å². The molecule has 1 aromatic heterocycles. The van der Waals surface area contributed by atoms with E-state index in [-0.39, 0.29) is 5.82 Å². The van der Waals surface area contributed by atoms with Gasteiger partial charge in [0.25, 0.3) is 0 Å². The average Bonchev–Trinajstić information content (AvgIpc) is 2.70. The first-order valence-electron chi connectivity index (χ1n) is 4.88. The standard InChI is InChI=1S/C12H12FNO/c1-8(2)9-3-4-10(11(13)7-9)12-14-5-6-15-12/h3-8H,1-2H3. The molecule has 0 unspecified atom stereocenters. The van der Waals surface area contributed by atoms with Crippen molar-refractivity contribution in [2.45, 2.75) is 19.8 Å². The average molecular weight is 205 g/mol. The Morgan fingerprint density at radius 3 is 2.67 bits per heavy atom. The summed E-state index contributed by atoms with van der Waals surface area (Å²) in [5, 5.41) is 0. The third-order valence-corrected chi connectivity index (χ3v) is 2.32. The largest absolute Gasteiger partial charge is 0.444 e. The minimum Gasteiger partial charge on any atom is -0.444 e. The van der Waals surface area contributed by atoms with Crippen LogP contribution in [0.3, 0.4) is 0 Å². The van der Waals surface area contributed by atoms with Crippen LogP contribution in [0.5, 0.6) is 0 Å². The molecule has 0 aliphatic rings. The lowest BCUT2D eigenvalue weighted by molar-refractivity contribution is 0.561. The van der Waals surface area contributed by atoms with E-state index in [1.165, 1.54) is 18.5 Å². The van der Waals surface area contributed by atoms with Crippen LogP contribution >= 0.6 is 0 Å². The van der Waals surface area contributed by atoms with Crippen molar-refractivity contribution < 1.29 is 8.81 Å². The van der Waals surface area contributed by atoms with E-state index in [2.05, 4.69) is 4.98 Å². The van der Waals surface area contributed by atoms with Gasteiger partial charge in [-0.15, -0.1) is 0 Å². The molecule has 3 heteroatoms. The Bertz CT molecular complexity index is 449. The molecule has 0 saturated heterocycles. The number of halogens is 1. The summed E-state index contributed by atoms with van der Waals surface area (Å²) in [5.41, 5.74) is 1.38. The molecule has 0 aliphatic heterocycles. The van der Waals surface area contributed by atoms with Crippen LogP contribution < -0.4 is 0 Å². The van der Waals surface area contributed by atoms with Gasteiger partial charge in [-0.2, -0.15) is 0 Å². The van der Waals surface area contributed by atoms with Crippen LogP contribution in [0.1, 0.15) is 25.3 Å². The molecule has 0 radical (unpaired) electrons. The molecule has 0 saturated carbocycles. The Morgan fingerprint density at radius 1 is 1.33 bits per heavy atom. The molecule has 0 aliphatic carbocycles. The van der Waals surface area contributed by atoms with Gasteiger partial charge in [0.05, 0.1) is 11.8 Å². The van der Waals surface area contributed by atoms with Crippen molar-refractivity contribution in [1.29, 1.82) is 0 Å². The van der Waals surface area contributed by atoms with Crippen molar-refractivity contribution in [3.05, 3.63) is 42.0 Å². The van der Waals surface area contributed by atoms with Crippen LogP contribution in [0.2, 0.25) is 0 Å². The molecule has 2 nitrogen and oxygen atoms in total. The van der Waals surface area contributed by atoms with Crippen LogP contribution in [-0.4, -0.2) is 4.98 Å². The Labute approximate surface area is 87.8 Å². The van der Waals surface area contributed by atoms with Gasteiger partial charge in [0.15, 0.2) is 0 Å². The van der Waals surface area contributed by atoms with E-state index in [0.29, 0.717) is 17.4 Å². The Kier molecular flexibility index (Phi) is 2.54. The molecule has 0 spiro atoms. The number of benzene rings is 1.